The van der Waals surface area contributed by atoms with Crippen LogP contribution in [-0.2, 0) is 4.79 Å². The summed E-state index contributed by atoms with van der Waals surface area (Å²) in [5, 5.41) is 11.8. The number of piperidine rings is 1. The number of rotatable bonds is 5. The number of likely N-dealkylation sites (tertiary alicyclic amines) is 1. The molecule has 1 heterocycles. The van der Waals surface area contributed by atoms with Crippen molar-refractivity contribution in [1.29, 1.82) is 0 Å². The van der Waals surface area contributed by atoms with Crippen LogP contribution in [0, 0.1) is 0 Å². The number of carbonyl (C=O) groups excluding carboxylic acids is 1. The van der Waals surface area contributed by atoms with Gasteiger partial charge in [-0.05, 0) is 39.5 Å². The maximum absolute atomic E-state index is 12.3. The molecule has 110 valence electrons. The van der Waals surface area contributed by atoms with Crippen LogP contribution in [0.25, 0.3) is 0 Å². The zero-order valence-corrected chi connectivity index (χ0v) is 12.2. The van der Waals surface area contributed by atoms with Crippen molar-refractivity contribution in [3.8, 4) is 0 Å². The first kappa shape index (κ1) is 15.8. The standard InChI is InChI=1S/C14H26N2O3/c1-4-6-12(9-13(17)18)15-14(19)16-10(2)7-5-8-11(16)3/h10-12H,4-9H2,1-3H3,(H,15,19)(H,17,18)/t10-,11+,12?. The molecule has 0 aliphatic carbocycles. The minimum Gasteiger partial charge on any atom is -0.481 e. The molecule has 0 saturated carbocycles. The fourth-order valence-corrected chi connectivity index (χ4v) is 2.86. The molecule has 19 heavy (non-hydrogen) atoms. The number of aliphatic carboxylic acids is 1. The Morgan fingerprint density at radius 1 is 1.32 bits per heavy atom. The first-order valence-corrected chi connectivity index (χ1v) is 7.26. The molecule has 2 N–H and O–H groups in total. The largest absolute Gasteiger partial charge is 0.481 e. The average Bonchev–Trinajstić information content (AvgIpc) is 2.27. The highest BCUT2D eigenvalue weighted by Gasteiger charge is 2.30. The van der Waals surface area contributed by atoms with Gasteiger partial charge in [0.25, 0.3) is 0 Å². The molecule has 3 atom stereocenters. The normalized spacial score (nSPS) is 24.9. The highest BCUT2D eigenvalue weighted by atomic mass is 16.4. The van der Waals surface area contributed by atoms with Gasteiger partial charge in [-0.2, -0.15) is 0 Å². The summed E-state index contributed by atoms with van der Waals surface area (Å²) < 4.78 is 0. The van der Waals surface area contributed by atoms with Crippen LogP contribution in [0.2, 0.25) is 0 Å². The van der Waals surface area contributed by atoms with Crippen molar-refractivity contribution in [3.05, 3.63) is 0 Å². The number of amides is 2. The first-order chi connectivity index (χ1) is 8.95. The van der Waals surface area contributed by atoms with Gasteiger partial charge in [-0.15, -0.1) is 0 Å². The molecule has 1 aliphatic rings. The molecular formula is C14H26N2O3. The van der Waals surface area contributed by atoms with Crippen LogP contribution < -0.4 is 5.32 Å². The average molecular weight is 270 g/mol. The lowest BCUT2D eigenvalue weighted by Gasteiger charge is -2.39. The van der Waals surface area contributed by atoms with Crippen LogP contribution in [0.15, 0.2) is 0 Å². The van der Waals surface area contributed by atoms with Crippen molar-refractivity contribution < 1.29 is 14.7 Å². The van der Waals surface area contributed by atoms with Gasteiger partial charge in [-0.3, -0.25) is 4.79 Å². The Kier molecular flexibility index (Phi) is 6.12. The van der Waals surface area contributed by atoms with Crippen LogP contribution in [-0.4, -0.2) is 40.1 Å². The molecule has 5 heteroatoms. The highest BCUT2D eigenvalue weighted by Crippen LogP contribution is 2.22. The molecule has 1 aliphatic heterocycles. The van der Waals surface area contributed by atoms with Crippen LogP contribution in [0.4, 0.5) is 4.79 Å². The predicted molar refractivity (Wildman–Crippen MR) is 74.1 cm³/mol. The van der Waals surface area contributed by atoms with Crippen molar-refractivity contribution in [2.24, 2.45) is 0 Å². The smallest absolute Gasteiger partial charge is 0.318 e. The van der Waals surface area contributed by atoms with Gasteiger partial charge in [0.05, 0.1) is 6.42 Å². The van der Waals surface area contributed by atoms with E-state index in [1.54, 1.807) is 0 Å². The first-order valence-electron chi connectivity index (χ1n) is 7.26. The lowest BCUT2D eigenvalue weighted by Crippen LogP contribution is -2.54. The molecule has 0 aromatic carbocycles. The Hall–Kier alpha value is -1.26. The number of hydrogen-bond acceptors (Lipinski definition) is 2. The van der Waals surface area contributed by atoms with Crippen molar-refractivity contribution in [1.82, 2.24) is 10.2 Å². The predicted octanol–water partition coefficient (Wildman–Crippen LogP) is 2.60. The molecule has 1 unspecified atom stereocenters. The molecule has 0 bridgehead atoms. The maximum Gasteiger partial charge on any atom is 0.318 e. The lowest BCUT2D eigenvalue weighted by atomic mass is 9.98. The highest BCUT2D eigenvalue weighted by molar-refractivity contribution is 5.76. The third-order valence-electron chi connectivity index (χ3n) is 3.81. The molecule has 0 aromatic rings. The topological polar surface area (TPSA) is 69.6 Å². The Morgan fingerprint density at radius 3 is 2.37 bits per heavy atom. The molecular weight excluding hydrogens is 244 g/mol. The molecule has 5 nitrogen and oxygen atoms in total. The van der Waals surface area contributed by atoms with Crippen LogP contribution >= 0.6 is 0 Å². The van der Waals surface area contributed by atoms with Gasteiger partial charge >= 0.3 is 12.0 Å². The number of hydrogen-bond donors (Lipinski definition) is 2. The summed E-state index contributed by atoms with van der Waals surface area (Å²) in [7, 11) is 0. The van der Waals surface area contributed by atoms with E-state index in [0.29, 0.717) is 6.42 Å². The summed E-state index contributed by atoms with van der Waals surface area (Å²) in [4.78, 5) is 25.0. The second kappa shape index (κ2) is 7.36. The monoisotopic (exact) mass is 270 g/mol. The van der Waals surface area contributed by atoms with Crippen LogP contribution in [0.3, 0.4) is 0 Å². The van der Waals surface area contributed by atoms with Gasteiger partial charge in [0.15, 0.2) is 0 Å². The summed E-state index contributed by atoms with van der Waals surface area (Å²) in [5.41, 5.74) is 0. The molecule has 1 fully saturated rings. The zero-order chi connectivity index (χ0) is 14.4. The Bertz CT molecular complexity index is 310. The number of urea groups is 1. The van der Waals surface area contributed by atoms with E-state index in [1.165, 1.54) is 0 Å². The van der Waals surface area contributed by atoms with Gasteiger partial charge in [0.1, 0.15) is 0 Å². The third-order valence-corrected chi connectivity index (χ3v) is 3.81. The van der Waals surface area contributed by atoms with E-state index in [1.807, 2.05) is 11.8 Å². The summed E-state index contributed by atoms with van der Waals surface area (Å²) >= 11 is 0. The number of carboxylic acids is 1. The van der Waals surface area contributed by atoms with Gasteiger partial charge < -0.3 is 15.3 Å². The minimum absolute atomic E-state index is 0.00379. The van der Waals surface area contributed by atoms with E-state index < -0.39 is 5.97 Å². The van der Waals surface area contributed by atoms with E-state index in [2.05, 4.69) is 19.2 Å². The maximum atomic E-state index is 12.3. The van der Waals surface area contributed by atoms with Crippen molar-refractivity contribution >= 4 is 12.0 Å². The van der Waals surface area contributed by atoms with Crippen molar-refractivity contribution in [3.63, 3.8) is 0 Å². The fourth-order valence-electron chi connectivity index (χ4n) is 2.86. The quantitative estimate of drug-likeness (QED) is 0.806. The number of nitrogens with zero attached hydrogens (tertiary/aromatic N) is 1. The molecule has 1 rings (SSSR count). The Balaban J connectivity index is 2.61. The molecule has 1 saturated heterocycles. The Labute approximate surface area is 115 Å². The fraction of sp³-hybridized carbons (Fsp3) is 0.857. The molecule has 0 aromatic heterocycles. The van der Waals surface area contributed by atoms with E-state index in [9.17, 15) is 9.59 Å². The second-order valence-electron chi connectivity index (χ2n) is 5.57. The van der Waals surface area contributed by atoms with Crippen molar-refractivity contribution in [2.75, 3.05) is 0 Å². The van der Waals surface area contributed by atoms with E-state index in [0.717, 1.165) is 25.7 Å². The van der Waals surface area contributed by atoms with Crippen LogP contribution in [0.1, 0.15) is 59.3 Å². The molecule has 0 spiro atoms. The number of carbonyl (C=O) groups is 2. The van der Waals surface area contributed by atoms with Gasteiger partial charge in [-0.1, -0.05) is 13.3 Å². The van der Waals surface area contributed by atoms with E-state index in [4.69, 9.17) is 5.11 Å². The van der Waals surface area contributed by atoms with Gasteiger partial charge in [0.2, 0.25) is 0 Å². The number of carboxylic acid groups (broad SMARTS) is 1. The minimum atomic E-state index is -0.863. The third kappa shape index (κ3) is 4.73. The second-order valence-corrected chi connectivity index (χ2v) is 5.57. The summed E-state index contributed by atoms with van der Waals surface area (Å²) in [6.07, 6.45) is 4.76. The van der Waals surface area contributed by atoms with Gasteiger partial charge in [-0.25, -0.2) is 4.79 Å². The number of nitrogens with one attached hydrogen (secondary N) is 1. The van der Waals surface area contributed by atoms with Crippen molar-refractivity contribution in [2.45, 2.75) is 77.4 Å². The summed E-state index contributed by atoms with van der Waals surface area (Å²) in [5.74, 6) is -0.863. The molecule has 2 amide bonds. The zero-order valence-electron chi connectivity index (χ0n) is 12.2. The summed E-state index contributed by atoms with van der Waals surface area (Å²) in [6.45, 7) is 6.11. The van der Waals surface area contributed by atoms with E-state index in [-0.39, 0.29) is 30.6 Å². The Morgan fingerprint density at radius 2 is 1.89 bits per heavy atom. The summed E-state index contributed by atoms with van der Waals surface area (Å²) in [6, 6.07) is 0.0856. The van der Waals surface area contributed by atoms with Crippen LogP contribution in [0.5, 0.6) is 0 Å². The SMILES string of the molecule is CCCC(CC(=O)O)NC(=O)N1[C@H](C)CCC[C@@H]1C. The van der Waals surface area contributed by atoms with E-state index >= 15 is 0 Å². The molecule has 0 radical (unpaired) electrons. The lowest BCUT2D eigenvalue weighted by molar-refractivity contribution is -0.137. The van der Waals surface area contributed by atoms with Gasteiger partial charge in [0, 0.05) is 18.1 Å².